The Morgan fingerprint density at radius 2 is 2.07 bits per heavy atom. The van der Waals surface area contributed by atoms with Gasteiger partial charge in [0.1, 0.15) is 0 Å². The minimum absolute atomic E-state index is 0.158. The molecule has 80 valence electrons. The van der Waals surface area contributed by atoms with Crippen LogP contribution in [0.4, 0.5) is 0 Å². The summed E-state index contributed by atoms with van der Waals surface area (Å²) in [5.74, 6) is 0.158. The zero-order chi connectivity index (χ0) is 11.1. The zero-order valence-electron chi connectivity index (χ0n) is 9.76. The minimum Gasteiger partial charge on any atom is -0.295 e. The highest BCUT2D eigenvalue weighted by Gasteiger charge is 2.43. The number of hydrogen-bond acceptors (Lipinski definition) is 1. The standard InChI is InChI=1S/C14H18O/c1-4-14(7-8-14)13-6-5-12(11(3)15)9-10(13)2/h5-6,9H,4,7-8H2,1-3H3. The van der Waals surface area contributed by atoms with Crippen LogP contribution in [0.1, 0.15) is 54.6 Å². The van der Waals surface area contributed by atoms with Crippen molar-refractivity contribution in [3.8, 4) is 0 Å². The highest BCUT2D eigenvalue weighted by molar-refractivity contribution is 5.94. The molecule has 1 heteroatoms. The van der Waals surface area contributed by atoms with Crippen molar-refractivity contribution in [2.45, 2.75) is 45.4 Å². The van der Waals surface area contributed by atoms with E-state index in [-0.39, 0.29) is 5.78 Å². The van der Waals surface area contributed by atoms with Gasteiger partial charge in [-0.15, -0.1) is 0 Å². The first-order chi connectivity index (χ1) is 7.09. The van der Waals surface area contributed by atoms with Crippen LogP contribution >= 0.6 is 0 Å². The second kappa shape index (κ2) is 3.48. The molecule has 0 radical (unpaired) electrons. The lowest BCUT2D eigenvalue weighted by Gasteiger charge is -2.16. The Kier molecular flexibility index (Phi) is 2.41. The maximum Gasteiger partial charge on any atom is 0.159 e. The van der Waals surface area contributed by atoms with Crippen LogP contribution in [0, 0.1) is 6.92 Å². The molecular formula is C14H18O. The van der Waals surface area contributed by atoms with E-state index in [1.165, 1.54) is 30.4 Å². The fourth-order valence-electron chi connectivity index (χ4n) is 2.44. The summed E-state index contributed by atoms with van der Waals surface area (Å²) in [4.78, 5) is 11.2. The lowest BCUT2D eigenvalue weighted by atomic mass is 9.88. The normalized spacial score (nSPS) is 17.5. The van der Waals surface area contributed by atoms with Gasteiger partial charge in [-0.2, -0.15) is 0 Å². The van der Waals surface area contributed by atoms with Gasteiger partial charge >= 0.3 is 0 Å². The summed E-state index contributed by atoms with van der Waals surface area (Å²) in [5.41, 5.74) is 4.01. The Hall–Kier alpha value is -1.11. The minimum atomic E-state index is 0.158. The van der Waals surface area contributed by atoms with Crippen LogP contribution in [0.2, 0.25) is 0 Å². The summed E-state index contributed by atoms with van der Waals surface area (Å²) >= 11 is 0. The average Bonchev–Trinajstić information content (AvgIpc) is 2.98. The largest absolute Gasteiger partial charge is 0.295 e. The molecule has 0 heterocycles. The van der Waals surface area contributed by atoms with Gasteiger partial charge in [0.05, 0.1) is 0 Å². The van der Waals surface area contributed by atoms with Crippen LogP contribution < -0.4 is 0 Å². The Morgan fingerprint density at radius 3 is 2.47 bits per heavy atom. The SMILES string of the molecule is CCC1(c2ccc(C(C)=O)cc2C)CC1. The smallest absolute Gasteiger partial charge is 0.159 e. The summed E-state index contributed by atoms with van der Waals surface area (Å²) in [5, 5.41) is 0. The van der Waals surface area contributed by atoms with Gasteiger partial charge in [-0.25, -0.2) is 0 Å². The molecule has 0 saturated heterocycles. The van der Waals surface area contributed by atoms with Gasteiger partial charge < -0.3 is 0 Å². The predicted molar refractivity (Wildman–Crippen MR) is 62.4 cm³/mol. The number of carbonyl (C=O) groups excluding carboxylic acids is 1. The highest BCUT2D eigenvalue weighted by atomic mass is 16.1. The van der Waals surface area contributed by atoms with E-state index in [0.29, 0.717) is 5.41 Å². The Morgan fingerprint density at radius 1 is 1.40 bits per heavy atom. The van der Waals surface area contributed by atoms with Crippen LogP contribution in [-0.2, 0) is 5.41 Å². The number of benzene rings is 1. The van der Waals surface area contributed by atoms with Crippen LogP contribution in [0.5, 0.6) is 0 Å². The lowest BCUT2D eigenvalue weighted by molar-refractivity contribution is 0.101. The van der Waals surface area contributed by atoms with E-state index in [2.05, 4.69) is 19.9 Å². The summed E-state index contributed by atoms with van der Waals surface area (Å²) in [7, 11) is 0. The summed E-state index contributed by atoms with van der Waals surface area (Å²) < 4.78 is 0. The van der Waals surface area contributed by atoms with E-state index in [0.717, 1.165) is 5.56 Å². The average molecular weight is 202 g/mol. The Bertz CT molecular complexity index is 400. The molecule has 1 aliphatic rings. The zero-order valence-corrected chi connectivity index (χ0v) is 9.76. The molecule has 1 aromatic carbocycles. The van der Waals surface area contributed by atoms with Gasteiger partial charge in [0.25, 0.3) is 0 Å². The number of rotatable bonds is 3. The molecule has 1 nitrogen and oxygen atoms in total. The van der Waals surface area contributed by atoms with Gasteiger partial charge in [-0.3, -0.25) is 4.79 Å². The third-order valence-electron chi connectivity index (χ3n) is 3.73. The van der Waals surface area contributed by atoms with Gasteiger partial charge in [-0.05, 0) is 55.7 Å². The van der Waals surface area contributed by atoms with Crippen LogP contribution in [-0.4, -0.2) is 5.78 Å². The van der Waals surface area contributed by atoms with Crippen molar-refractivity contribution in [1.29, 1.82) is 0 Å². The second-order valence-electron chi connectivity index (χ2n) is 4.72. The van der Waals surface area contributed by atoms with E-state index >= 15 is 0 Å². The second-order valence-corrected chi connectivity index (χ2v) is 4.72. The predicted octanol–water partition coefficient (Wildman–Crippen LogP) is 3.64. The van der Waals surface area contributed by atoms with Crippen molar-refractivity contribution in [3.63, 3.8) is 0 Å². The number of aryl methyl sites for hydroxylation is 1. The Balaban J connectivity index is 2.39. The molecule has 1 aliphatic carbocycles. The van der Waals surface area contributed by atoms with Crippen molar-refractivity contribution >= 4 is 5.78 Å². The quantitative estimate of drug-likeness (QED) is 0.684. The molecule has 0 N–H and O–H groups in total. The first-order valence-corrected chi connectivity index (χ1v) is 5.71. The fourth-order valence-corrected chi connectivity index (χ4v) is 2.44. The molecule has 0 aromatic heterocycles. The van der Waals surface area contributed by atoms with Crippen molar-refractivity contribution in [1.82, 2.24) is 0 Å². The first-order valence-electron chi connectivity index (χ1n) is 5.71. The van der Waals surface area contributed by atoms with Crippen LogP contribution in [0.25, 0.3) is 0 Å². The molecule has 1 saturated carbocycles. The van der Waals surface area contributed by atoms with Crippen molar-refractivity contribution < 1.29 is 4.79 Å². The van der Waals surface area contributed by atoms with E-state index in [9.17, 15) is 4.79 Å². The molecule has 15 heavy (non-hydrogen) atoms. The molecular weight excluding hydrogens is 184 g/mol. The molecule has 0 bridgehead atoms. The highest BCUT2D eigenvalue weighted by Crippen LogP contribution is 2.51. The third-order valence-corrected chi connectivity index (χ3v) is 3.73. The lowest BCUT2D eigenvalue weighted by Crippen LogP contribution is -2.07. The molecule has 0 amide bonds. The summed E-state index contributed by atoms with van der Waals surface area (Å²) in [6.45, 7) is 6.00. The molecule has 1 aromatic rings. The van der Waals surface area contributed by atoms with Gasteiger partial charge in [0.2, 0.25) is 0 Å². The third kappa shape index (κ3) is 1.71. The molecule has 0 spiro atoms. The summed E-state index contributed by atoms with van der Waals surface area (Å²) in [6.07, 6.45) is 3.83. The monoisotopic (exact) mass is 202 g/mol. The fraction of sp³-hybridized carbons (Fsp3) is 0.500. The van der Waals surface area contributed by atoms with Crippen LogP contribution in [0.3, 0.4) is 0 Å². The Labute approximate surface area is 91.5 Å². The van der Waals surface area contributed by atoms with E-state index in [1.807, 2.05) is 12.1 Å². The molecule has 1 fully saturated rings. The first kappa shape index (κ1) is 10.4. The van der Waals surface area contributed by atoms with Crippen molar-refractivity contribution in [2.75, 3.05) is 0 Å². The molecule has 0 unspecified atom stereocenters. The van der Waals surface area contributed by atoms with Gasteiger partial charge in [0, 0.05) is 5.56 Å². The number of hydrogen-bond donors (Lipinski definition) is 0. The van der Waals surface area contributed by atoms with Gasteiger partial charge in [0.15, 0.2) is 5.78 Å². The van der Waals surface area contributed by atoms with E-state index in [1.54, 1.807) is 6.92 Å². The molecule has 2 rings (SSSR count). The topological polar surface area (TPSA) is 17.1 Å². The molecule has 0 atom stereocenters. The number of ketones is 1. The molecule has 0 aliphatic heterocycles. The maximum absolute atomic E-state index is 11.2. The van der Waals surface area contributed by atoms with Crippen molar-refractivity contribution in [2.24, 2.45) is 0 Å². The van der Waals surface area contributed by atoms with E-state index in [4.69, 9.17) is 0 Å². The van der Waals surface area contributed by atoms with E-state index < -0.39 is 0 Å². The number of carbonyl (C=O) groups is 1. The maximum atomic E-state index is 11.2. The van der Waals surface area contributed by atoms with Gasteiger partial charge in [-0.1, -0.05) is 19.1 Å². The van der Waals surface area contributed by atoms with Crippen molar-refractivity contribution in [3.05, 3.63) is 34.9 Å². The number of Topliss-reactive ketones (excluding diaryl/α,β-unsaturated/α-hetero) is 1. The van der Waals surface area contributed by atoms with Crippen LogP contribution in [0.15, 0.2) is 18.2 Å². The summed E-state index contributed by atoms with van der Waals surface area (Å²) in [6, 6.07) is 6.16.